The molecule has 1 aromatic rings. The second-order valence-electron chi connectivity index (χ2n) is 5.89. The maximum atomic E-state index is 12.1. The lowest BCUT2D eigenvalue weighted by Gasteiger charge is -2.32. The molecule has 0 aliphatic carbocycles. The molecule has 1 amide bonds. The molecule has 1 unspecified atom stereocenters. The Morgan fingerprint density at radius 2 is 2.33 bits per heavy atom. The molecule has 1 aliphatic heterocycles. The fourth-order valence-electron chi connectivity index (χ4n) is 2.81. The highest BCUT2D eigenvalue weighted by atomic mass is 32.2. The monoisotopic (exact) mass is 310 g/mol. The Morgan fingerprint density at radius 1 is 1.52 bits per heavy atom. The van der Waals surface area contributed by atoms with E-state index in [0.29, 0.717) is 11.7 Å². The van der Waals surface area contributed by atoms with Gasteiger partial charge in [-0.1, -0.05) is 0 Å². The summed E-state index contributed by atoms with van der Waals surface area (Å²) in [6.07, 6.45) is 8.12. The molecule has 0 bridgehead atoms. The van der Waals surface area contributed by atoms with Gasteiger partial charge in [-0.3, -0.25) is 4.79 Å². The van der Waals surface area contributed by atoms with Crippen LogP contribution in [0.15, 0.2) is 12.4 Å². The molecule has 5 nitrogen and oxygen atoms in total. The van der Waals surface area contributed by atoms with E-state index < -0.39 is 0 Å². The molecule has 21 heavy (non-hydrogen) atoms. The number of likely N-dealkylation sites (N-methyl/N-ethyl adjacent to an activating group) is 1. The van der Waals surface area contributed by atoms with Gasteiger partial charge in [0.15, 0.2) is 0 Å². The summed E-state index contributed by atoms with van der Waals surface area (Å²) in [5.41, 5.74) is 0. The van der Waals surface area contributed by atoms with Gasteiger partial charge in [0.2, 0.25) is 5.91 Å². The number of piperidine rings is 1. The zero-order valence-corrected chi connectivity index (χ0v) is 14.1. The first-order valence-corrected chi connectivity index (χ1v) is 8.93. The Kier molecular flexibility index (Phi) is 6.11. The molecule has 1 fully saturated rings. The number of carbonyl (C=O) groups is 1. The molecule has 0 N–H and O–H groups in total. The molecule has 1 aliphatic rings. The van der Waals surface area contributed by atoms with Crippen LogP contribution in [-0.4, -0.2) is 71.0 Å². The average molecular weight is 310 g/mol. The van der Waals surface area contributed by atoms with Crippen LogP contribution in [0.25, 0.3) is 0 Å². The van der Waals surface area contributed by atoms with Crippen molar-refractivity contribution in [2.45, 2.75) is 25.3 Å². The fraction of sp³-hybridized carbons (Fsp3) is 0.733. The lowest BCUT2D eigenvalue weighted by molar-refractivity contribution is -0.129. The zero-order valence-electron chi connectivity index (χ0n) is 13.3. The van der Waals surface area contributed by atoms with E-state index in [1.54, 1.807) is 11.8 Å². The summed E-state index contributed by atoms with van der Waals surface area (Å²) >= 11 is 1.60. The molecule has 1 saturated heterocycles. The van der Waals surface area contributed by atoms with Crippen LogP contribution in [-0.2, 0) is 11.3 Å². The molecule has 0 spiro atoms. The van der Waals surface area contributed by atoms with Crippen molar-refractivity contribution < 1.29 is 4.79 Å². The number of carbonyl (C=O) groups excluding carboxylic acids is 1. The minimum absolute atomic E-state index is 0.263. The van der Waals surface area contributed by atoms with E-state index in [1.165, 1.54) is 0 Å². The molecule has 2 heterocycles. The lowest BCUT2D eigenvalue weighted by Crippen LogP contribution is -2.40. The number of amides is 1. The number of thioether (sulfide) groups is 1. The second kappa shape index (κ2) is 7.84. The number of rotatable bonds is 6. The molecule has 0 saturated carbocycles. The van der Waals surface area contributed by atoms with E-state index >= 15 is 0 Å². The van der Waals surface area contributed by atoms with Gasteiger partial charge in [0.1, 0.15) is 5.82 Å². The third kappa shape index (κ3) is 4.48. The number of nitrogens with zero attached hydrogens (tertiary/aromatic N) is 4. The number of hydrogen-bond acceptors (Lipinski definition) is 4. The van der Waals surface area contributed by atoms with E-state index in [1.807, 2.05) is 17.4 Å². The van der Waals surface area contributed by atoms with Gasteiger partial charge in [0.25, 0.3) is 0 Å². The quantitative estimate of drug-likeness (QED) is 0.799. The van der Waals surface area contributed by atoms with Crippen LogP contribution in [0.3, 0.4) is 0 Å². The van der Waals surface area contributed by atoms with Crippen LogP contribution in [0, 0.1) is 0 Å². The smallest absolute Gasteiger partial charge is 0.232 e. The zero-order chi connectivity index (χ0) is 15.2. The minimum atomic E-state index is 0.263. The number of likely N-dealkylation sites (tertiary alicyclic amines) is 1. The minimum Gasteiger partial charge on any atom is -0.341 e. The standard InChI is InChI=1S/C15H26N4OS/c1-17(2)9-10-18-8-6-16-15(18)13-5-4-7-19(11-13)14(20)12-21-3/h6,8,13H,4-5,7,9-12H2,1-3H3. The van der Waals surface area contributed by atoms with Gasteiger partial charge in [-0.15, -0.1) is 0 Å². The molecule has 2 rings (SSSR count). The van der Waals surface area contributed by atoms with Crippen molar-refractivity contribution in [2.75, 3.05) is 45.7 Å². The number of aromatic nitrogens is 2. The van der Waals surface area contributed by atoms with Crippen molar-refractivity contribution >= 4 is 17.7 Å². The van der Waals surface area contributed by atoms with Crippen molar-refractivity contribution in [1.29, 1.82) is 0 Å². The number of imidazole rings is 1. The van der Waals surface area contributed by atoms with E-state index in [0.717, 1.165) is 44.8 Å². The van der Waals surface area contributed by atoms with E-state index in [9.17, 15) is 4.79 Å². The Morgan fingerprint density at radius 3 is 3.05 bits per heavy atom. The summed E-state index contributed by atoms with van der Waals surface area (Å²) in [7, 11) is 4.17. The molecule has 6 heteroatoms. The van der Waals surface area contributed by atoms with Crippen LogP contribution in [0.2, 0.25) is 0 Å². The Hall–Kier alpha value is -1.01. The third-order valence-electron chi connectivity index (χ3n) is 3.94. The highest BCUT2D eigenvalue weighted by molar-refractivity contribution is 7.99. The van der Waals surface area contributed by atoms with Crippen molar-refractivity contribution in [3.63, 3.8) is 0 Å². The largest absolute Gasteiger partial charge is 0.341 e. The predicted molar refractivity (Wildman–Crippen MR) is 87.7 cm³/mol. The van der Waals surface area contributed by atoms with Crippen LogP contribution in [0.4, 0.5) is 0 Å². The van der Waals surface area contributed by atoms with Crippen molar-refractivity contribution in [2.24, 2.45) is 0 Å². The predicted octanol–water partition coefficient (Wildman–Crippen LogP) is 1.51. The van der Waals surface area contributed by atoms with Gasteiger partial charge in [-0.25, -0.2) is 4.98 Å². The summed E-state index contributed by atoms with van der Waals surface area (Å²) in [5.74, 6) is 2.36. The Labute approximate surface area is 131 Å². The van der Waals surface area contributed by atoms with Gasteiger partial charge < -0.3 is 14.4 Å². The number of hydrogen-bond donors (Lipinski definition) is 0. The van der Waals surface area contributed by atoms with Crippen LogP contribution in [0.1, 0.15) is 24.6 Å². The summed E-state index contributed by atoms with van der Waals surface area (Å²) in [6, 6.07) is 0. The fourth-order valence-corrected chi connectivity index (χ4v) is 3.24. The van der Waals surface area contributed by atoms with Gasteiger partial charge >= 0.3 is 0 Å². The SMILES string of the molecule is CSCC(=O)N1CCCC(c2nccn2CCN(C)C)C1. The van der Waals surface area contributed by atoms with Gasteiger partial charge in [-0.05, 0) is 33.2 Å². The molecule has 0 radical (unpaired) electrons. The normalized spacial score (nSPS) is 19.2. The molecule has 118 valence electrons. The summed E-state index contributed by atoms with van der Waals surface area (Å²) in [6.45, 7) is 3.68. The van der Waals surface area contributed by atoms with E-state index in [2.05, 4.69) is 34.7 Å². The Bertz CT molecular complexity index is 460. The van der Waals surface area contributed by atoms with E-state index in [-0.39, 0.29) is 5.91 Å². The van der Waals surface area contributed by atoms with Crippen LogP contribution < -0.4 is 0 Å². The summed E-state index contributed by atoms with van der Waals surface area (Å²) in [5, 5.41) is 0. The van der Waals surface area contributed by atoms with Crippen molar-refractivity contribution in [3.05, 3.63) is 18.2 Å². The lowest BCUT2D eigenvalue weighted by atomic mass is 9.97. The van der Waals surface area contributed by atoms with Gasteiger partial charge in [0.05, 0.1) is 5.75 Å². The summed E-state index contributed by atoms with van der Waals surface area (Å²) < 4.78 is 2.24. The molecule has 1 aromatic heterocycles. The van der Waals surface area contributed by atoms with Crippen molar-refractivity contribution in [1.82, 2.24) is 19.4 Å². The molecular weight excluding hydrogens is 284 g/mol. The van der Waals surface area contributed by atoms with Gasteiger partial charge in [-0.2, -0.15) is 11.8 Å². The topological polar surface area (TPSA) is 41.4 Å². The highest BCUT2D eigenvalue weighted by Crippen LogP contribution is 2.26. The molecule has 1 atom stereocenters. The summed E-state index contributed by atoms with van der Waals surface area (Å²) in [4.78, 5) is 20.8. The first-order chi connectivity index (χ1) is 10.1. The van der Waals surface area contributed by atoms with Gasteiger partial charge in [0, 0.05) is 44.5 Å². The molecule has 0 aromatic carbocycles. The third-order valence-corrected chi connectivity index (χ3v) is 4.48. The van der Waals surface area contributed by atoms with Crippen LogP contribution in [0.5, 0.6) is 0 Å². The highest BCUT2D eigenvalue weighted by Gasteiger charge is 2.27. The van der Waals surface area contributed by atoms with E-state index in [4.69, 9.17) is 0 Å². The maximum absolute atomic E-state index is 12.1. The second-order valence-corrected chi connectivity index (χ2v) is 6.76. The first-order valence-electron chi connectivity index (χ1n) is 7.54. The average Bonchev–Trinajstić information content (AvgIpc) is 2.94. The van der Waals surface area contributed by atoms with Crippen molar-refractivity contribution in [3.8, 4) is 0 Å². The first kappa shape index (κ1) is 16.4. The maximum Gasteiger partial charge on any atom is 0.232 e. The van der Waals surface area contributed by atoms with Crippen LogP contribution >= 0.6 is 11.8 Å². The Balaban J connectivity index is 2.01. The molecular formula is C15H26N4OS.